The molecule has 0 amide bonds. The fraction of sp³-hybridized carbons (Fsp3) is 0.400. The van der Waals surface area contributed by atoms with E-state index in [1.54, 1.807) is 10.7 Å². The van der Waals surface area contributed by atoms with Crippen LogP contribution in [-0.4, -0.2) is 29.9 Å². The Balaban J connectivity index is 0.000000599. The maximum Gasteiger partial charge on any atom is 0.234 e. The molecule has 0 fully saturated rings. The molecule has 1 N–H and O–H groups in total. The smallest absolute Gasteiger partial charge is 0.234 e. The molecule has 152 valence electrons. The summed E-state index contributed by atoms with van der Waals surface area (Å²) in [5.74, 6) is 0.758. The van der Waals surface area contributed by atoms with Gasteiger partial charge in [-0.3, -0.25) is 4.98 Å². The summed E-state index contributed by atoms with van der Waals surface area (Å²) >= 11 is 4.78. The molecule has 0 aliphatic heterocycles. The average molecular weight is 466 g/mol. The van der Waals surface area contributed by atoms with Gasteiger partial charge >= 0.3 is 0 Å². The van der Waals surface area contributed by atoms with Crippen LogP contribution in [-0.2, 0) is 13.0 Å². The summed E-state index contributed by atoms with van der Waals surface area (Å²) in [6.07, 6.45) is 2.41. The molecule has 0 saturated carbocycles. The highest BCUT2D eigenvalue weighted by Gasteiger charge is 2.12. The van der Waals surface area contributed by atoms with Crippen LogP contribution in [0.2, 0.25) is 0 Å². The molecular weight excluding hydrogens is 438 g/mol. The number of fused-ring (bicyclic) bond motifs is 2. The number of aliphatic hydroxyl groups excluding tert-OH is 1. The van der Waals surface area contributed by atoms with E-state index >= 15 is 0 Å². The van der Waals surface area contributed by atoms with Crippen molar-refractivity contribution >= 4 is 43.1 Å². The zero-order valence-electron chi connectivity index (χ0n) is 17.3. The van der Waals surface area contributed by atoms with Crippen molar-refractivity contribution in [3.8, 4) is 0 Å². The predicted molar refractivity (Wildman–Crippen MR) is 121 cm³/mol. The van der Waals surface area contributed by atoms with Gasteiger partial charge in [-0.25, -0.2) is 0 Å². The van der Waals surface area contributed by atoms with E-state index in [4.69, 9.17) is 5.11 Å². The maximum atomic E-state index is 9.16. The molecule has 28 heavy (non-hydrogen) atoms. The molecule has 1 aromatic carbocycles. The molecule has 0 bridgehead atoms. The molecule has 4 rings (SSSR count). The number of pyridine rings is 1. The summed E-state index contributed by atoms with van der Waals surface area (Å²) in [6, 6.07) is 8.16. The standard InChI is InChI=1S/C14H10BrN5OS.3C2H6/c15-10-5-9-3-8(1-2-11(9)16-6-10)4-12-17-18-14-20(12)19-13(7-21)22-14;3*1-2/h1-3,5-6,21H,4,7H2;3*1-2H3. The molecule has 0 atom stereocenters. The minimum atomic E-state index is -0.0802. The predicted octanol–water partition coefficient (Wildman–Crippen LogP) is 5.66. The van der Waals surface area contributed by atoms with Crippen molar-refractivity contribution in [2.45, 2.75) is 54.6 Å². The summed E-state index contributed by atoms with van der Waals surface area (Å²) in [4.78, 5) is 5.06. The van der Waals surface area contributed by atoms with Gasteiger partial charge in [0.1, 0.15) is 5.01 Å². The van der Waals surface area contributed by atoms with Crippen LogP contribution in [0.15, 0.2) is 34.9 Å². The highest BCUT2D eigenvalue weighted by molar-refractivity contribution is 9.10. The highest BCUT2D eigenvalue weighted by Crippen LogP contribution is 2.21. The van der Waals surface area contributed by atoms with Crippen molar-refractivity contribution in [1.29, 1.82) is 0 Å². The molecule has 0 aliphatic rings. The Morgan fingerprint density at radius 2 is 1.75 bits per heavy atom. The van der Waals surface area contributed by atoms with Crippen molar-refractivity contribution in [1.82, 2.24) is 24.8 Å². The first-order valence-electron chi connectivity index (χ1n) is 9.58. The van der Waals surface area contributed by atoms with E-state index in [0.29, 0.717) is 16.4 Å². The van der Waals surface area contributed by atoms with Gasteiger partial charge in [-0.15, -0.1) is 10.2 Å². The van der Waals surface area contributed by atoms with E-state index < -0.39 is 0 Å². The van der Waals surface area contributed by atoms with Gasteiger partial charge in [0.2, 0.25) is 4.96 Å². The van der Waals surface area contributed by atoms with Crippen LogP contribution in [0.5, 0.6) is 0 Å². The van der Waals surface area contributed by atoms with Gasteiger partial charge < -0.3 is 5.11 Å². The fourth-order valence-corrected chi connectivity index (χ4v) is 3.38. The number of hydrogen-bond donors (Lipinski definition) is 1. The molecule has 8 heteroatoms. The van der Waals surface area contributed by atoms with Crippen LogP contribution < -0.4 is 0 Å². The molecule has 0 radical (unpaired) electrons. The van der Waals surface area contributed by atoms with Gasteiger partial charge in [-0.2, -0.15) is 9.61 Å². The molecule has 4 aromatic rings. The van der Waals surface area contributed by atoms with Crippen LogP contribution in [0.4, 0.5) is 0 Å². The van der Waals surface area contributed by atoms with E-state index in [-0.39, 0.29) is 6.61 Å². The minimum absolute atomic E-state index is 0.0802. The number of aliphatic hydroxyl groups is 1. The summed E-state index contributed by atoms with van der Waals surface area (Å²) in [5.41, 5.74) is 2.06. The lowest BCUT2D eigenvalue weighted by molar-refractivity contribution is 0.279. The van der Waals surface area contributed by atoms with Crippen molar-refractivity contribution in [2.75, 3.05) is 0 Å². The Labute approximate surface area is 178 Å². The highest BCUT2D eigenvalue weighted by atomic mass is 79.9. The Morgan fingerprint density at radius 1 is 1.04 bits per heavy atom. The van der Waals surface area contributed by atoms with Gasteiger partial charge in [0.15, 0.2) is 5.82 Å². The van der Waals surface area contributed by atoms with Gasteiger partial charge in [0, 0.05) is 22.5 Å². The monoisotopic (exact) mass is 465 g/mol. The van der Waals surface area contributed by atoms with Crippen molar-refractivity contribution in [3.05, 3.63) is 51.3 Å². The molecular formula is C20H28BrN5OS. The number of aromatic nitrogens is 5. The molecule has 3 aromatic heterocycles. The lowest BCUT2D eigenvalue weighted by atomic mass is 10.1. The van der Waals surface area contributed by atoms with Crippen LogP contribution in [0.3, 0.4) is 0 Å². The molecule has 0 unspecified atom stereocenters. The van der Waals surface area contributed by atoms with Crippen LogP contribution in [0, 0.1) is 0 Å². The average Bonchev–Trinajstić information content (AvgIpc) is 3.33. The quantitative estimate of drug-likeness (QED) is 0.422. The Kier molecular flexibility index (Phi) is 10.8. The van der Waals surface area contributed by atoms with E-state index in [1.165, 1.54) is 11.3 Å². The largest absolute Gasteiger partial charge is 0.389 e. The summed E-state index contributed by atoms with van der Waals surface area (Å²) in [7, 11) is 0. The van der Waals surface area contributed by atoms with Crippen molar-refractivity contribution in [2.24, 2.45) is 0 Å². The summed E-state index contributed by atoms with van der Waals surface area (Å²) < 4.78 is 2.65. The third-order valence-electron chi connectivity index (χ3n) is 3.31. The number of benzene rings is 1. The second-order valence-electron chi connectivity index (χ2n) is 4.82. The number of nitrogens with zero attached hydrogens (tertiary/aromatic N) is 5. The first-order chi connectivity index (χ1) is 13.7. The van der Waals surface area contributed by atoms with Crippen LogP contribution >= 0.6 is 27.3 Å². The van der Waals surface area contributed by atoms with Gasteiger partial charge in [0.25, 0.3) is 0 Å². The van der Waals surface area contributed by atoms with Gasteiger partial charge in [0.05, 0.1) is 12.1 Å². The second-order valence-corrected chi connectivity index (χ2v) is 6.78. The Hall–Kier alpha value is -1.90. The minimum Gasteiger partial charge on any atom is -0.389 e. The number of rotatable bonds is 3. The first kappa shape index (κ1) is 24.1. The Morgan fingerprint density at radius 3 is 2.43 bits per heavy atom. The normalized spacial score (nSPS) is 9.71. The summed E-state index contributed by atoms with van der Waals surface area (Å²) in [6.45, 7) is 11.9. The van der Waals surface area contributed by atoms with Gasteiger partial charge in [-0.1, -0.05) is 58.9 Å². The molecule has 0 spiro atoms. The third kappa shape index (κ3) is 5.80. The lowest BCUT2D eigenvalue weighted by Gasteiger charge is -2.02. The molecule has 0 aliphatic carbocycles. The zero-order chi connectivity index (χ0) is 21.1. The third-order valence-corrected chi connectivity index (χ3v) is 4.62. The number of hydrogen-bond acceptors (Lipinski definition) is 6. The topological polar surface area (TPSA) is 76.2 Å². The van der Waals surface area contributed by atoms with Gasteiger partial charge in [-0.05, 0) is 39.7 Å². The maximum absolute atomic E-state index is 9.16. The fourth-order valence-electron chi connectivity index (χ4n) is 2.32. The van der Waals surface area contributed by atoms with Crippen molar-refractivity contribution < 1.29 is 5.11 Å². The van der Waals surface area contributed by atoms with E-state index in [2.05, 4.69) is 42.3 Å². The molecule has 0 saturated heterocycles. The first-order valence-corrected chi connectivity index (χ1v) is 11.2. The SMILES string of the molecule is CC.CC.CC.OCc1nn2c(Cc3ccc4ncc(Br)cc4c3)nnc2s1. The number of halogens is 1. The molecule has 3 heterocycles. The van der Waals surface area contributed by atoms with Crippen molar-refractivity contribution in [3.63, 3.8) is 0 Å². The van der Waals surface area contributed by atoms with Crippen LogP contribution in [0.25, 0.3) is 15.9 Å². The lowest BCUT2D eigenvalue weighted by Crippen LogP contribution is -1.98. The van der Waals surface area contributed by atoms with E-state index in [1.807, 2.05) is 59.7 Å². The molecule has 6 nitrogen and oxygen atoms in total. The van der Waals surface area contributed by atoms with E-state index in [9.17, 15) is 0 Å². The zero-order valence-corrected chi connectivity index (χ0v) is 19.7. The summed E-state index contributed by atoms with van der Waals surface area (Å²) in [5, 5.41) is 23.4. The van der Waals surface area contributed by atoms with Crippen LogP contribution in [0.1, 0.15) is 57.9 Å². The van der Waals surface area contributed by atoms with E-state index in [0.717, 1.165) is 26.8 Å². The Bertz CT molecular complexity index is 983. The second kappa shape index (κ2) is 12.5.